The van der Waals surface area contributed by atoms with Crippen molar-refractivity contribution in [1.82, 2.24) is 10.3 Å². The van der Waals surface area contributed by atoms with Crippen molar-refractivity contribution in [2.75, 3.05) is 0 Å². The zero-order valence-corrected chi connectivity index (χ0v) is 17.2. The number of rotatable bonds is 2. The third-order valence-electron chi connectivity index (χ3n) is 1.96. The Morgan fingerprint density at radius 2 is 1.71 bits per heavy atom. The number of carboxylic acids is 2. The standard InChI is InChI=1S/2C5H5NO3.I3/c1-3-4(5(7)8)2-9-6-3;1-3-4(5(7)8)2-6-9-3;1-3-2/h2*2H,1H3,(H,7,8);/q;;-1. The van der Waals surface area contributed by atoms with Gasteiger partial charge in [0.15, 0.2) is 0 Å². The summed E-state index contributed by atoms with van der Waals surface area (Å²) in [5.41, 5.74) is 0.646. The van der Waals surface area contributed by atoms with Gasteiger partial charge >= 0.3 is 62.4 Å². The first-order valence-corrected chi connectivity index (χ1v) is 17.6. The zero-order valence-electron chi connectivity index (χ0n) is 10.7. The summed E-state index contributed by atoms with van der Waals surface area (Å²) < 4.78 is 8.87. The van der Waals surface area contributed by atoms with E-state index in [-0.39, 0.29) is 11.1 Å². The number of aryl methyl sites for hydroxylation is 2. The van der Waals surface area contributed by atoms with E-state index in [0.29, 0.717) is 24.7 Å². The molecule has 0 fully saturated rings. The Balaban J connectivity index is 0.000000322. The minimum absolute atomic E-state index is 0.120. The summed E-state index contributed by atoms with van der Waals surface area (Å²) in [6, 6.07) is 0. The van der Waals surface area contributed by atoms with Crippen LogP contribution in [0.25, 0.3) is 0 Å². The second kappa shape index (κ2) is 11.2. The van der Waals surface area contributed by atoms with Crippen molar-refractivity contribution in [3.05, 3.63) is 35.0 Å². The van der Waals surface area contributed by atoms with Gasteiger partial charge in [0.25, 0.3) is 0 Å². The van der Waals surface area contributed by atoms with E-state index in [9.17, 15) is 9.59 Å². The fourth-order valence-electron chi connectivity index (χ4n) is 1.00. The maximum absolute atomic E-state index is 10.2. The molecule has 21 heavy (non-hydrogen) atoms. The number of carboxylic acid groups (broad SMARTS) is 2. The van der Waals surface area contributed by atoms with Crippen LogP contribution in [0, 0.1) is 13.8 Å². The Kier molecular flexibility index (Phi) is 10.9. The van der Waals surface area contributed by atoms with Crippen molar-refractivity contribution in [3.8, 4) is 0 Å². The van der Waals surface area contributed by atoms with Crippen molar-refractivity contribution in [2.45, 2.75) is 13.8 Å². The van der Waals surface area contributed by atoms with Crippen molar-refractivity contribution in [2.24, 2.45) is 0 Å². The molecule has 118 valence electrons. The summed E-state index contributed by atoms with van der Waals surface area (Å²) in [6.45, 7) is 3.13. The van der Waals surface area contributed by atoms with Gasteiger partial charge in [-0.2, -0.15) is 0 Å². The van der Waals surface area contributed by atoms with E-state index in [1.165, 1.54) is 6.20 Å². The molecule has 0 spiro atoms. The monoisotopic (exact) mass is 635 g/mol. The molecule has 0 aliphatic rings. The number of hydrogen-bond acceptors (Lipinski definition) is 6. The van der Waals surface area contributed by atoms with Crippen molar-refractivity contribution in [3.63, 3.8) is 0 Å². The molecule has 8 nitrogen and oxygen atoms in total. The molecule has 0 amide bonds. The van der Waals surface area contributed by atoms with Crippen molar-refractivity contribution < 1.29 is 42.1 Å². The first kappa shape index (κ1) is 20.6. The van der Waals surface area contributed by atoms with Gasteiger partial charge < -0.3 is 19.3 Å². The summed E-state index contributed by atoms with van der Waals surface area (Å²) >= 11 is 5.30. The fraction of sp³-hybridized carbons (Fsp3) is 0.200. The van der Waals surface area contributed by atoms with Crippen LogP contribution in [0.15, 0.2) is 21.5 Å². The van der Waals surface area contributed by atoms with Crippen molar-refractivity contribution >= 4 is 49.2 Å². The van der Waals surface area contributed by atoms with Crippen LogP contribution in [0.3, 0.4) is 0 Å². The molecule has 2 aromatic heterocycles. The second-order valence-electron chi connectivity index (χ2n) is 3.27. The number of halogens is 3. The van der Waals surface area contributed by atoms with E-state index in [4.69, 9.17) is 10.2 Å². The van der Waals surface area contributed by atoms with Crippen LogP contribution < -0.4 is 13.3 Å². The van der Waals surface area contributed by atoms with Gasteiger partial charge in [0.05, 0.1) is 11.9 Å². The SMILES string of the molecule is Cc1nocc1C(=O)O.Cc1oncc1C(=O)O.I[I-]I. The van der Waals surface area contributed by atoms with Gasteiger partial charge in [0.2, 0.25) is 0 Å². The predicted molar refractivity (Wildman–Crippen MR) is 84.4 cm³/mol. The van der Waals surface area contributed by atoms with E-state index in [1.54, 1.807) is 13.8 Å². The normalized spacial score (nSPS) is 9.14. The van der Waals surface area contributed by atoms with Crippen LogP contribution in [-0.2, 0) is 0 Å². The molecule has 0 aromatic carbocycles. The maximum atomic E-state index is 10.2. The second-order valence-corrected chi connectivity index (χ2v) is 19.5. The van der Waals surface area contributed by atoms with E-state index < -0.39 is 11.9 Å². The van der Waals surface area contributed by atoms with Gasteiger partial charge in [0, 0.05) is 0 Å². The molecule has 0 saturated carbocycles. The van der Waals surface area contributed by atoms with Crippen LogP contribution in [0.4, 0.5) is 0 Å². The molecule has 0 aliphatic carbocycles. The average molecular weight is 635 g/mol. The molecule has 11 heteroatoms. The Morgan fingerprint density at radius 3 is 1.90 bits per heavy atom. The quantitative estimate of drug-likeness (QED) is 0.447. The molecule has 0 atom stereocenters. The molecule has 0 radical (unpaired) electrons. The minimum atomic E-state index is -1.01. The summed E-state index contributed by atoms with van der Waals surface area (Å²) in [4.78, 5) is 20.4. The molecular weight excluding hydrogens is 625 g/mol. The van der Waals surface area contributed by atoms with Crippen LogP contribution in [0.2, 0.25) is 0 Å². The van der Waals surface area contributed by atoms with E-state index in [0.717, 1.165) is 6.26 Å². The third-order valence-corrected chi connectivity index (χ3v) is 1.96. The topological polar surface area (TPSA) is 127 Å². The zero-order chi connectivity index (χ0) is 16.4. The number of nitrogens with zero attached hydrogens (tertiary/aromatic N) is 2. The van der Waals surface area contributed by atoms with E-state index in [2.05, 4.69) is 56.6 Å². The first-order valence-electron chi connectivity index (χ1n) is 5.01. The molecule has 0 saturated heterocycles. The van der Waals surface area contributed by atoms with Gasteiger partial charge in [-0.05, 0) is 13.8 Å². The third kappa shape index (κ3) is 7.93. The molecule has 0 bridgehead atoms. The average Bonchev–Trinajstić information content (AvgIpc) is 2.99. The Morgan fingerprint density at radius 1 is 1.19 bits per heavy atom. The Labute approximate surface area is 149 Å². The summed E-state index contributed by atoms with van der Waals surface area (Å²) in [6.07, 6.45) is 2.29. The molecular formula is C10H10I3N2O6-. The van der Waals surface area contributed by atoms with Gasteiger partial charge in [-0.15, -0.1) is 0 Å². The molecule has 0 aliphatic heterocycles. The van der Waals surface area contributed by atoms with Crippen LogP contribution in [-0.4, -0.2) is 32.5 Å². The summed E-state index contributed by atoms with van der Waals surface area (Å²) in [5.74, 6) is -1.68. The number of aromatic nitrogens is 2. The first-order chi connectivity index (χ1) is 9.84. The summed E-state index contributed by atoms with van der Waals surface area (Å²) in [5, 5.41) is 23.4. The number of aromatic carboxylic acids is 2. The van der Waals surface area contributed by atoms with Gasteiger partial charge in [0.1, 0.15) is 23.2 Å². The molecule has 2 aromatic rings. The number of hydrogen-bond donors (Lipinski definition) is 2. The molecule has 0 unspecified atom stereocenters. The Bertz CT molecular complexity index is 533. The molecule has 2 rings (SSSR count). The summed E-state index contributed by atoms with van der Waals surface area (Å²) in [7, 11) is 0. The predicted octanol–water partition coefficient (Wildman–Crippen LogP) is 0.138. The van der Waals surface area contributed by atoms with Gasteiger partial charge in [-0.3, -0.25) is 0 Å². The van der Waals surface area contributed by atoms with Gasteiger partial charge in [-0.1, -0.05) is 10.3 Å². The van der Waals surface area contributed by atoms with Crippen LogP contribution in [0.1, 0.15) is 32.2 Å². The van der Waals surface area contributed by atoms with Crippen LogP contribution in [0.5, 0.6) is 0 Å². The van der Waals surface area contributed by atoms with Crippen LogP contribution >= 0.6 is 37.2 Å². The molecule has 2 heterocycles. The van der Waals surface area contributed by atoms with E-state index in [1.807, 2.05) is 0 Å². The van der Waals surface area contributed by atoms with E-state index >= 15 is 0 Å². The molecule has 2 N–H and O–H groups in total. The van der Waals surface area contributed by atoms with Crippen molar-refractivity contribution in [1.29, 1.82) is 0 Å². The Hall–Kier alpha value is -0.450. The van der Waals surface area contributed by atoms with Gasteiger partial charge in [-0.25, -0.2) is 9.59 Å². The fourth-order valence-corrected chi connectivity index (χ4v) is 1.00. The number of carbonyl (C=O) groups is 2.